The van der Waals surface area contributed by atoms with Crippen LogP contribution >= 0.6 is 23.2 Å². The number of benzene rings is 3. The van der Waals surface area contributed by atoms with Crippen molar-refractivity contribution in [2.75, 3.05) is 31.1 Å². The van der Waals surface area contributed by atoms with Crippen LogP contribution in [0, 0.1) is 0 Å². The summed E-state index contributed by atoms with van der Waals surface area (Å²) in [4.78, 5) is 27.2. The number of amides is 1. The van der Waals surface area contributed by atoms with Gasteiger partial charge in [0.1, 0.15) is 22.7 Å². The van der Waals surface area contributed by atoms with Crippen molar-refractivity contribution in [1.29, 1.82) is 0 Å². The van der Waals surface area contributed by atoms with Gasteiger partial charge in [-0.2, -0.15) is 4.98 Å². The Morgan fingerprint density at radius 3 is 2.62 bits per heavy atom. The number of nitrogens with zero attached hydrogens (tertiary/aromatic N) is 5. The van der Waals surface area contributed by atoms with E-state index in [2.05, 4.69) is 47.3 Å². The van der Waals surface area contributed by atoms with Crippen molar-refractivity contribution in [2.45, 2.75) is 32.6 Å². The molecule has 0 N–H and O–H groups in total. The minimum Gasteiger partial charge on any atom is -0.354 e. The predicted molar refractivity (Wildman–Crippen MR) is 160 cm³/mol. The third kappa shape index (κ3) is 5.23. The summed E-state index contributed by atoms with van der Waals surface area (Å²) in [5.74, 6) is 1.46. The van der Waals surface area contributed by atoms with E-state index in [4.69, 9.17) is 37.7 Å². The molecule has 1 amide bonds. The minimum atomic E-state index is -0.0955. The van der Waals surface area contributed by atoms with Crippen LogP contribution in [0.1, 0.15) is 42.4 Å². The van der Waals surface area contributed by atoms with Gasteiger partial charge in [0.15, 0.2) is 0 Å². The maximum Gasteiger partial charge on any atom is 0.263 e. The second-order valence-electron chi connectivity index (χ2n) is 10.1. The summed E-state index contributed by atoms with van der Waals surface area (Å²) in [6.07, 6.45) is 3.58. The quantitative estimate of drug-likeness (QED) is 0.210. The van der Waals surface area contributed by atoms with Crippen LogP contribution in [0.5, 0.6) is 0 Å². The first-order valence-electron chi connectivity index (χ1n) is 13.7. The Hall–Kier alpha value is -3.68. The predicted octanol–water partition coefficient (Wildman–Crippen LogP) is 7.44. The zero-order valence-electron chi connectivity index (χ0n) is 22.2. The molecule has 7 nitrogen and oxygen atoms in total. The average molecular weight is 575 g/mol. The molecular weight excluding hydrogens is 545 g/mol. The van der Waals surface area contributed by atoms with E-state index in [-0.39, 0.29) is 5.91 Å². The van der Waals surface area contributed by atoms with Crippen molar-refractivity contribution in [3.8, 4) is 11.3 Å². The van der Waals surface area contributed by atoms with Gasteiger partial charge in [0.25, 0.3) is 11.6 Å². The molecule has 204 valence electrons. The molecule has 0 radical (unpaired) electrons. The number of halogens is 2. The summed E-state index contributed by atoms with van der Waals surface area (Å²) in [6, 6.07) is 19.5. The first-order valence-corrected chi connectivity index (χ1v) is 14.4. The van der Waals surface area contributed by atoms with E-state index < -0.39 is 0 Å². The number of rotatable bonds is 6. The number of anilines is 1. The summed E-state index contributed by atoms with van der Waals surface area (Å²) >= 11 is 12.4. The highest BCUT2D eigenvalue weighted by molar-refractivity contribution is 6.36. The molecular formula is C31H29Cl2N5O2. The van der Waals surface area contributed by atoms with Crippen LogP contribution in [0.3, 0.4) is 0 Å². The van der Waals surface area contributed by atoms with E-state index in [0.29, 0.717) is 41.0 Å². The largest absolute Gasteiger partial charge is 0.354 e. The first kappa shape index (κ1) is 26.5. The molecule has 1 aliphatic rings. The number of aromatic nitrogens is 3. The Balaban J connectivity index is 1.36. The van der Waals surface area contributed by atoms with Crippen LogP contribution in [0.15, 0.2) is 65.2 Å². The lowest BCUT2D eigenvalue weighted by Crippen LogP contribution is -2.35. The molecule has 9 heteroatoms. The molecule has 6 rings (SSSR count). The van der Waals surface area contributed by atoms with Gasteiger partial charge in [0, 0.05) is 43.2 Å². The normalized spacial score (nSPS) is 14.2. The SMILES string of the molecule is CCCCc1nc(N2CCCN(C(=O)c3ccc(Cl)cc3Cl)CC2)c2c(-c3ccc4ccccc4c3)noc2n1. The highest BCUT2D eigenvalue weighted by atomic mass is 35.5. The lowest BCUT2D eigenvalue weighted by molar-refractivity contribution is 0.0767. The van der Waals surface area contributed by atoms with Crippen LogP contribution in [-0.2, 0) is 6.42 Å². The van der Waals surface area contributed by atoms with Crippen molar-refractivity contribution in [1.82, 2.24) is 20.0 Å². The summed E-state index contributed by atoms with van der Waals surface area (Å²) in [5, 5.41) is 8.44. The third-order valence-corrected chi connectivity index (χ3v) is 7.93. The molecule has 3 heterocycles. The maximum absolute atomic E-state index is 13.3. The molecule has 1 aliphatic heterocycles. The van der Waals surface area contributed by atoms with Crippen LogP contribution in [-0.4, -0.2) is 52.1 Å². The number of carbonyl (C=O) groups excluding carboxylic acids is 1. The molecule has 1 fully saturated rings. The Morgan fingerprint density at radius 2 is 1.80 bits per heavy atom. The fourth-order valence-corrected chi connectivity index (χ4v) is 5.74. The Morgan fingerprint density at radius 1 is 0.950 bits per heavy atom. The number of hydrogen-bond donors (Lipinski definition) is 0. The molecule has 3 aromatic carbocycles. The second kappa shape index (κ2) is 11.4. The molecule has 2 aromatic heterocycles. The first-order chi connectivity index (χ1) is 19.5. The minimum absolute atomic E-state index is 0.0955. The van der Waals surface area contributed by atoms with Crippen LogP contribution in [0.25, 0.3) is 33.1 Å². The van der Waals surface area contributed by atoms with Gasteiger partial charge in [-0.1, -0.05) is 78.1 Å². The van der Waals surface area contributed by atoms with Crippen LogP contribution < -0.4 is 4.90 Å². The topological polar surface area (TPSA) is 75.4 Å². The number of aryl methyl sites for hydroxylation is 1. The lowest BCUT2D eigenvalue weighted by Gasteiger charge is -2.24. The Kier molecular flexibility index (Phi) is 7.59. The second-order valence-corrected chi connectivity index (χ2v) is 10.9. The maximum atomic E-state index is 13.3. The van der Waals surface area contributed by atoms with Gasteiger partial charge >= 0.3 is 0 Å². The summed E-state index contributed by atoms with van der Waals surface area (Å²) in [7, 11) is 0. The van der Waals surface area contributed by atoms with Gasteiger partial charge in [0.05, 0.1) is 10.6 Å². The monoisotopic (exact) mass is 573 g/mol. The highest BCUT2D eigenvalue weighted by Crippen LogP contribution is 2.35. The molecule has 0 aliphatic carbocycles. The summed E-state index contributed by atoms with van der Waals surface area (Å²) < 4.78 is 5.82. The van der Waals surface area contributed by atoms with Gasteiger partial charge < -0.3 is 14.3 Å². The number of fused-ring (bicyclic) bond motifs is 2. The smallest absolute Gasteiger partial charge is 0.263 e. The number of unbranched alkanes of at least 4 members (excludes halogenated alkanes) is 1. The fourth-order valence-electron chi connectivity index (χ4n) is 5.25. The Labute approximate surface area is 242 Å². The summed E-state index contributed by atoms with van der Waals surface area (Å²) in [5.41, 5.74) is 2.63. The molecule has 0 atom stereocenters. The van der Waals surface area contributed by atoms with E-state index in [1.807, 2.05) is 17.0 Å². The van der Waals surface area contributed by atoms with Gasteiger partial charge in [-0.15, -0.1) is 0 Å². The van der Waals surface area contributed by atoms with Crippen molar-refractivity contribution < 1.29 is 9.32 Å². The molecule has 0 spiro atoms. The van der Waals surface area contributed by atoms with Crippen molar-refractivity contribution in [3.63, 3.8) is 0 Å². The molecule has 0 bridgehead atoms. The van der Waals surface area contributed by atoms with E-state index in [0.717, 1.165) is 71.3 Å². The lowest BCUT2D eigenvalue weighted by atomic mass is 10.0. The fraction of sp³-hybridized carbons (Fsp3) is 0.290. The molecule has 5 aromatic rings. The van der Waals surface area contributed by atoms with Gasteiger partial charge in [-0.25, -0.2) is 4.98 Å². The van der Waals surface area contributed by atoms with Gasteiger partial charge in [0.2, 0.25) is 0 Å². The van der Waals surface area contributed by atoms with E-state index >= 15 is 0 Å². The van der Waals surface area contributed by atoms with E-state index in [1.54, 1.807) is 18.2 Å². The van der Waals surface area contributed by atoms with Crippen molar-refractivity contribution in [2.24, 2.45) is 0 Å². The van der Waals surface area contributed by atoms with Gasteiger partial charge in [-0.3, -0.25) is 4.79 Å². The van der Waals surface area contributed by atoms with Crippen molar-refractivity contribution in [3.05, 3.63) is 82.1 Å². The number of carbonyl (C=O) groups is 1. The Bertz CT molecular complexity index is 1700. The van der Waals surface area contributed by atoms with Crippen molar-refractivity contribution >= 4 is 56.8 Å². The average Bonchev–Trinajstić information content (AvgIpc) is 3.24. The molecule has 0 unspecified atom stereocenters. The number of hydrogen-bond acceptors (Lipinski definition) is 6. The molecule has 40 heavy (non-hydrogen) atoms. The summed E-state index contributed by atoms with van der Waals surface area (Å²) in [6.45, 7) is 4.65. The molecule has 0 saturated carbocycles. The zero-order valence-corrected chi connectivity index (χ0v) is 23.8. The van der Waals surface area contributed by atoms with Gasteiger partial charge in [-0.05, 0) is 47.9 Å². The standard InChI is InChI=1S/C31H29Cl2N5O2/c1-2-3-9-26-34-29(37-14-6-15-38(17-16-37)31(39)24-13-12-23(32)19-25(24)33)27-28(36-40-30(27)35-26)22-11-10-20-7-4-5-8-21(20)18-22/h4-5,7-8,10-13,18-19H,2-3,6,9,14-17H2,1H3. The van der Waals surface area contributed by atoms with Crippen LogP contribution in [0.4, 0.5) is 5.82 Å². The van der Waals surface area contributed by atoms with Crippen LogP contribution in [0.2, 0.25) is 10.0 Å². The molecule has 1 saturated heterocycles. The third-order valence-electron chi connectivity index (χ3n) is 7.38. The van der Waals surface area contributed by atoms with E-state index in [1.165, 1.54) is 0 Å². The highest BCUT2D eigenvalue weighted by Gasteiger charge is 2.27. The van der Waals surface area contributed by atoms with E-state index in [9.17, 15) is 4.79 Å². The zero-order chi connectivity index (χ0) is 27.6.